The van der Waals surface area contributed by atoms with Gasteiger partial charge in [0, 0.05) is 41.5 Å². The van der Waals surface area contributed by atoms with E-state index >= 15 is 0 Å². The molecule has 6 nitrogen and oxygen atoms in total. The van der Waals surface area contributed by atoms with E-state index in [2.05, 4.69) is 19.5 Å². The van der Waals surface area contributed by atoms with Gasteiger partial charge in [0.15, 0.2) is 0 Å². The summed E-state index contributed by atoms with van der Waals surface area (Å²) in [6.45, 7) is 3.85. The standard InChI is InChI=1S/C24H27FN3O3P/c1-24(2)20-19(15-6-4-5-7-17(15)30-3)22(23(29)27-11-9-25)28(12-13-32)21(20)16-8-10-26-14-18(16)31-24/h4-8,10,14H,9,11-13,32H2,1-3H3,(H,27,29). The fourth-order valence-electron chi connectivity index (χ4n) is 4.41. The predicted octanol–water partition coefficient (Wildman–Crippen LogP) is 4.43. The second-order valence-electron chi connectivity index (χ2n) is 8.02. The number of aromatic nitrogens is 2. The van der Waals surface area contributed by atoms with E-state index in [4.69, 9.17) is 9.47 Å². The highest BCUT2D eigenvalue weighted by Crippen LogP contribution is 2.52. The third-order valence-corrected chi connectivity index (χ3v) is 5.85. The molecule has 0 radical (unpaired) electrons. The normalized spacial score (nSPS) is 13.7. The van der Waals surface area contributed by atoms with Gasteiger partial charge in [-0.05, 0) is 32.1 Å². The molecule has 0 saturated heterocycles. The number of methoxy groups -OCH3 is 1. The van der Waals surface area contributed by atoms with E-state index in [0.717, 1.165) is 34.1 Å². The molecule has 32 heavy (non-hydrogen) atoms. The summed E-state index contributed by atoms with van der Waals surface area (Å²) in [6.07, 6.45) is 4.15. The van der Waals surface area contributed by atoms with Crippen LogP contribution in [0.25, 0.3) is 22.4 Å². The molecular weight excluding hydrogens is 428 g/mol. The third kappa shape index (κ3) is 3.65. The number of hydrogen-bond acceptors (Lipinski definition) is 4. The Labute approximate surface area is 189 Å². The fourth-order valence-corrected chi connectivity index (χ4v) is 4.67. The van der Waals surface area contributed by atoms with Crippen molar-refractivity contribution in [3.05, 3.63) is 54.0 Å². The summed E-state index contributed by atoms with van der Waals surface area (Å²) in [5.41, 5.74) is 3.92. The van der Waals surface area contributed by atoms with Gasteiger partial charge in [-0.25, -0.2) is 4.39 Å². The molecule has 3 heterocycles. The van der Waals surface area contributed by atoms with Crippen molar-refractivity contribution in [1.29, 1.82) is 0 Å². The van der Waals surface area contributed by atoms with Gasteiger partial charge in [-0.2, -0.15) is 0 Å². The van der Waals surface area contributed by atoms with Gasteiger partial charge in [-0.1, -0.05) is 18.2 Å². The number of rotatable bonds is 7. The zero-order valence-electron chi connectivity index (χ0n) is 18.4. The number of hydrogen-bond donors (Lipinski definition) is 1. The van der Waals surface area contributed by atoms with Crippen LogP contribution in [0.5, 0.6) is 11.5 Å². The van der Waals surface area contributed by atoms with Crippen LogP contribution in [0.1, 0.15) is 29.9 Å². The van der Waals surface area contributed by atoms with Gasteiger partial charge in [-0.3, -0.25) is 9.78 Å². The zero-order valence-corrected chi connectivity index (χ0v) is 19.6. The predicted molar refractivity (Wildman–Crippen MR) is 126 cm³/mol. The van der Waals surface area contributed by atoms with Crippen LogP contribution in [-0.4, -0.2) is 41.9 Å². The minimum absolute atomic E-state index is 0.0542. The average Bonchev–Trinajstić information content (AvgIpc) is 3.13. The number of fused-ring (bicyclic) bond motifs is 3. The van der Waals surface area contributed by atoms with Crippen molar-refractivity contribution in [2.45, 2.75) is 26.0 Å². The Bertz CT molecular complexity index is 1160. The Kier molecular flexibility index (Phi) is 6.20. The molecule has 8 heteroatoms. The molecule has 0 saturated carbocycles. The van der Waals surface area contributed by atoms with Crippen LogP contribution in [0.4, 0.5) is 4.39 Å². The van der Waals surface area contributed by atoms with Crippen molar-refractivity contribution in [1.82, 2.24) is 14.9 Å². The number of halogens is 1. The Morgan fingerprint density at radius 2 is 2.06 bits per heavy atom. The number of nitrogens with zero attached hydrogens (tertiary/aromatic N) is 2. The van der Waals surface area contributed by atoms with Gasteiger partial charge in [0.25, 0.3) is 5.91 Å². The highest BCUT2D eigenvalue weighted by atomic mass is 31.0. The highest BCUT2D eigenvalue weighted by Gasteiger charge is 2.42. The molecule has 1 amide bonds. The average molecular weight is 455 g/mol. The second-order valence-corrected chi connectivity index (χ2v) is 8.59. The maximum Gasteiger partial charge on any atom is 0.268 e. The molecule has 1 aliphatic heterocycles. The van der Waals surface area contributed by atoms with Crippen LogP contribution >= 0.6 is 9.24 Å². The summed E-state index contributed by atoms with van der Waals surface area (Å²) < 4.78 is 27.0. The summed E-state index contributed by atoms with van der Waals surface area (Å²) in [6, 6.07) is 9.50. The first-order chi connectivity index (χ1) is 15.4. The number of para-hydroxylation sites is 1. The molecule has 3 aromatic rings. The van der Waals surface area contributed by atoms with Crippen LogP contribution in [0.3, 0.4) is 0 Å². The molecule has 1 unspecified atom stereocenters. The summed E-state index contributed by atoms with van der Waals surface area (Å²) >= 11 is 0. The summed E-state index contributed by atoms with van der Waals surface area (Å²) in [5.74, 6) is 0.979. The minimum atomic E-state index is -0.747. The maximum absolute atomic E-state index is 13.4. The van der Waals surface area contributed by atoms with E-state index in [9.17, 15) is 9.18 Å². The monoisotopic (exact) mass is 455 g/mol. The zero-order chi connectivity index (χ0) is 22.9. The van der Waals surface area contributed by atoms with E-state index in [-0.39, 0.29) is 12.5 Å². The molecule has 1 aliphatic rings. The van der Waals surface area contributed by atoms with Crippen LogP contribution in [0, 0.1) is 0 Å². The number of ether oxygens (including phenoxy) is 2. The van der Waals surface area contributed by atoms with E-state index in [1.165, 1.54) is 0 Å². The Balaban J connectivity index is 2.14. The van der Waals surface area contributed by atoms with Crippen molar-refractivity contribution in [2.75, 3.05) is 26.5 Å². The van der Waals surface area contributed by atoms with Crippen LogP contribution in [0.15, 0.2) is 42.7 Å². The van der Waals surface area contributed by atoms with Gasteiger partial charge in [0.05, 0.1) is 19.0 Å². The molecule has 4 rings (SSSR count). The number of carbonyl (C=O) groups excluding carboxylic acids is 1. The molecule has 168 valence electrons. The van der Waals surface area contributed by atoms with E-state index in [1.54, 1.807) is 19.5 Å². The van der Waals surface area contributed by atoms with Crippen molar-refractivity contribution >= 4 is 15.1 Å². The molecule has 1 N–H and O–H groups in total. The van der Waals surface area contributed by atoms with Crippen molar-refractivity contribution in [3.8, 4) is 33.9 Å². The van der Waals surface area contributed by atoms with Gasteiger partial charge in [0.2, 0.25) is 0 Å². The van der Waals surface area contributed by atoms with E-state index in [0.29, 0.717) is 23.7 Å². The van der Waals surface area contributed by atoms with Gasteiger partial charge >= 0.3 is 0 Å². The summed E-state index contributed by atoms with van der Waals surface area (Å²) in [5, 5.41) is 2.72. The summed E-state index contributed by atoms with van der Waals surface area (Å²) in [4.78, 5) is 17.7. The van der Waals surface area contributed by atoms with Gasteiger partial charge < -0.3 is 19.4 Å². The molecular formula is C24H27FN3O3P. The molecule has 1 atom stereocenters. The number of amides is 1. The molecule has 2 aromatic heterocycles. The lowest BCUT2D eigenvalue weighted by molar-refractivity contribution is 0.0942. The Morgan fingerprint density at radius 1 is 1.28 bits per heavy atom. The largest absolute Gasteiger partial charge is 0.496 e. The lowest BCUT2D eigenvalue weighted by atomic mass is 9.85. The van der Waals surface area contributed by atoms with Gasteiger partial charge in [-0.15, -0.1) is 9.24 Å². The maximum atomic E-state index is 13.4. The second kappa shape index (κ2) is 8.91. The van der Waals surface area contributed by atoms with E-state index < -0.39 is 12.3 Å². The van der Waals surface area contributed by atoms with Crippen LogP contribution in [-0.2, 0) is 12.1 Å². The molecule has 0 aliphatic carbocycles. The van der Waals surface area contributed by atoms with Crippen molar-refractivity contribution in [2.24, 2.45) is 0 Å². The third-order valence-electron chi connectivity index (χ3n) is 5.59. The number of alkyl halides is 1. The SMILES string of the molecule is COc1ccccc1-c1c2c(n(CCP)c1C(=O)NCCF)-c1ccncc1OC2(C)C. The Hall–Kier alpha value is -2.92. The Morgan fingerprint density at radius 3 is 2.78 bits per heavy atom. The smallest absolute Gasteiger partial charge is 0.268 e. The van der Waals surface area contributed by atoms with Crippen LogP contribution < -0.4 is 14.8 Å². The molecule has 0 bridgehead atoms. The van der Waals surface area contributed by atoms with E-state index in [1.807, 2.05) is 48.7 Å². The molecule has 0 fully saturated rings. The highest BCUT2D eigenvalue weighted by molar-refractivity contribution is 7.16. The topological polar surface area (TPSA) is 65.4 Å². The minimum Gasteiger partial charge on any atom is -0.496 e. The van der Waals surface area contributed by atoms with Crippen molar-refractivity contribution in [3.63, 3.8) is 0 Å². The molecule has 1 aromatic carbocycles. The first-order valence-corrected chi connectivity index (χ1v) is 11.3. The number of pyridine rings is 1. The van der Waals surface area contributed by atoms with Crippen LogP contribution in [0.2, 0.25) is 0 Å². The lowest BCUT2D eigenvalue weighted by Crippen LogP contribution is -2.30. The van der Waals surface area contributed by atoms with Crippen molar-refractivity contribution < 1.29 is 18.7 Å². The lowest BCUT2D eigenvalue weighted by Gasteiger charge is -2.34. The van der Waals surface area contributed by atoms with Gasteiger partial charge in [0.1, 0.15) is 29.5 Å². The number of carbonyl (C=O) groups is 1. The first kappa shape index (κ1) is 22.3. The quantitative estimate of drug-likeness (QED) is 0.536. The summed E-state index contributed by atoms with van der Waals surface area (Å²) in [7, 11) is 4.32. The number of nitrogens with one attached hydrogen (secondary N) is 1. The first-order valence-electron chi connectivity index (χ1n) is 10.5. The number of benzene rings is 1. The molecule has 0 spiro atoms. The fraction of sp³-hybridized carbons (Fsp3) is 0.333.